The van der Waals surface area contributed by atoms with Crippen molar-refractivity contribution >= 4 is 5.91 Å². The highest BCUT2D eigenvalue weighted by Gasteiger charge is 2.21. The molecule has 0 saturated heterocycles. The zero-order valence-electron chi connectivity index (χ0n) is 12.8. The van der Waals surface area contributed by atoms with E-state index in [1.54, 1.807) is 0 Å². The summed E-state index contributed by atoms with van der Waals surface area (Å²) >= 11 is 0. The second kappa shape index (κ2) is 7.46. The Hall–Kier alpha value is -1.55. The van der Waals surface area contributed by atoms with E-state index in [4.69, 9.17) is 4.74 Å². The number of benzene rings is 1. The maximum absolute atomic E-state index is 11.9. The van der Waals surface area contributed by atoms with E-state index in [-0.39, 0.29) is 24.7 Å². The Labute approximate surface area is 126 Å². The molecule has 116 valence electrons. The summed E-state index contributed by atoms with van der Waals surface area (Å²) in [5.74, 6) is 1.06. The van der Waals surface area contributed by atoms with Gasteiger partial charge in [-0.25, -0.2) is 0 Å². The van der Waals surface area contributed by atoms with E-state index in [1.807, 2.05) is 24.3 Å². The van der Waals surface area contributed by atoms with Gasteiger partial charge in [0.1, 0.15) is 5.75 Å². The molecule has 0 spiro atoms. The molecule has 0 radical (unpaired) electrons. The molecule has 1 fully saturated rings. The number of para-hydroxylation sites is 1. The van der Waals surface area contributed by atoms with Crippen LogP contribution in [0.15, 0.2) is 24.3 Å². The van der Waals surface area contributed by atoms with Crippen LogP contribution in [0.4, 0.5) is 0 Å². The maximum atomic E-state index is 11.9. The molecule has 4 nitrogen and oxygen atoms in total. The lowest BCUT2D eigenvalue weighted by atomic mass is 9.93. The van der Waals surface area contributed by atoms with Crippen LogP contribution >= 0.6 is 0 Å². The molecule has 0 heterocycles. The van der Waals surface area contributed by atoms with Gasteiger partial charge in [-0.3, -0.25) is 4.79 Å². The molecule has 0 bridgehead atoms. The van der Waals surface area contributed by atoms with E-state index in [0.717, 1.165) is 37.0 Å². The van der Waals surface area contributed by atoms with Crippen molar-refractivity contribution in [3.63, 3.8) is 0 Å². The van der Waals surface area contributed by atoms with Crippen molar-refractivity contribution in [2.24, 2.45) is 0 Å². The summed E-state index contributed by atoms with van der Waals surface area (Å²) in [5, 5.41) is 12.4. The van der Waals surface area contributed by atoms with Gasteiger partial charge >= 0.3 is 0 Å². The second-order valence-electron chi connectivity index (χ2n) is 6.05. The minimum atomic E-state index is -0.202. The van der Waals surface area contributed by atoms with Crippen LogP contribution in [0.5, 0.6) is 5.75 Å². The van der Waals surface area contributed by atoms with E-state index < -0.39 is 0 Å². The van der Waals surface area contributed by atoms with E-state index in [2.05, 4.69) is 19.2 Å². The van der Waals surface area contributed by atoms with E-state index >= 15 is 0 Å². The largest absolute Gasteiger partial charge is 0.483 e. The molecule has 1 amide bonds. The predicted octanol–water partition coefficient (Wildman–Crippen LogP) is 2.61. The van der Waals surface area contributed by atoms with Crippen LogP contribution < -0.4 is 10.1 Å². The van der Waals surface area contributed by atoms with Gasteiger partial charge in [-0.05, 0) is 43.2 Å². The first-order chi connectivity index (χ1) is 10.1. The third-order valence-corrected chi connectivity index (χ3v) is 3.96. The molecule has 0 aliphatic heterocycles. The first-order valence-corrected chi connectivity index (χ1v) is 7.75. The molecule has 21 heavy (non-hydrogen) atoms. The Bertz CT molecular complexity index is 465. The second-order valence-corrected chi connectivity index (χ2v) is 6.05. The number of aliphatic hydroxyl groups excluding tert-OH is 1. The number of rotatable bonds is 5. The normalized spacial score (nSPS) is 22.1. The number of amides is 1. The van der Waals surface area contributed by atoms with Gasteiger partial charge in [-0.15, -0.1) is 0 Å². The van der Waals surface area contributed by atoms with Crippen molar-refractivity contribution in [3.05, 3.63) is 29.8 Å². The molecule has 0 atom stereocenters. The van der Waals surface area contributed by atoms with Gasteiger partial charge in [0.2, 0.25) is 0 Å². The predicted molar refractivity (Wildman–Crippen MR) is 82.4 cm³/mol. The Morgan fingerprint density at radius 3 is 2.62 bits per heavy atom. The minimum Gasteiger partial charge on any atom is -0.483 e. The van der Waals surface area contributed by atoms with Gasteiger partial charge in [0.05, 0.1) is 6.10 Å². The fourth-order valence-corrected chi connectivity index (χ4v) is 2.72. The molecule has 1 aliphatic carbocycles. The average Bonchev–Trinajstić information content (AvgIpc) is 2.48. The van der Waals surface area contributed by atoms with Crippen molar-refractivity contribution in [2.75, 3.05) is 6.61 Å². The molecule has 0 aromatic heterocycles. The van der Waals surface area contributed by atoms with E-state index in [0.29, 0.717) is 5.92 Å². The van der Waals surface area contributed by atoms with Crippen LogP contribution in [-0.2, 0) is 4.79 Å². The quantitative estimate of drug-likeness (QED) is 0.876. The van der Waals surface area contributed by atoms with Crippen molar-refractivity contribution < 1.29 is 14.6 Å². The summed E-state index contributed by atoms with van der Waals surface area (Å²) in [5.41, 5.74) is 1.12. The van der Waals surface area contributed by atoms with Gasteiger partial charge in [-0.1, -0.05) is 32.0 Å². The molecule has 4 heteroatoms. The highest BCUT2D eigenvalue weighted by atomic mass is 16.5. The number of ether oxygens (including phenoxy) is 1. The van der Waals surface area contributed by atoms with Gasteiger partial charge in [0.15, 0.2) is 6.61 Å². The van der Waals surface area contributed by atoms with Gasteiger partial charge < -0.3 is 15.2 Å². The highest BCUT2D eigenvalue weighted by molar-refractivity contribution is 5.77. The fraction of sp³-hybridized carbons (Fsp3) is 0.588. The number of hydrogen-bond donors (Lipinski definition) is 2. The van der Waals surface area contributed by atoms with Gasteiger partial charge in [0.25, 0.3) is 5.91 Å². The Kier molecular flexibility index (Phi) is 5.62. The summed E-state index contributed by atoms with van der Waals surface area (Å²) in [4.78, 5) is 11.9. The lowest BCUT2D eigenvalue weighted by Gasteiger charge is -2.26. The maximum Gasteiger partial charge on any atom is 0.258 e. The molecular weight excluding hydrogens is 266 g/mol. The van der Waals surface area contributed by atoms with Crippen molar-refractivity contribution in [2.45, 2.75) is 57.6 Å². The highest BCUT2D eigenvalue weighted by Crippen LogP contribution is 2.25. The molecule has 1 aromatic carbocycles. The third-order valence-electron chi connectivity index (χ3n) is 3.96. The van der Waals surface area contributed by atoms with Gasteiger partial charge in [-0.2, -0.15) is 0 Å². The number of aliphatic hydroxyl groups is 1. The molecule has 2 N–H and O–H groups in total. The number of hydrogen-bond acceptors (Lipinski definition) is 3. The monoisotopic (exact) mass is 291 g/mol. The number of carbonyl (C=O) groups is 1. The van der Waals surface area contributed by atoms with Crippen LogP contribution in [0.2, 0.25) is 0 Å². The zero-order chi connectivity index (χ0) is 15.2. The molecule has 0 unspecified atom stereocenters. The average molecular weight is 291 g/mol. The van der Waals surface area contributed by atoms with Crippen LogP contribution in [-0.4, -0.2) is 29.8 Å². The van der Waals surface area contributed by atoms with Crippen LogP contribution in [0.1, 0.15) is 51.0 Å². The van der Waals surface area contributed by atoms with E-state index in [9.17, 15) is 9.90 Å². The third kappa shape index (κ3) is 4.74. The first-order valence-electron chi connectivity index (χ1n) is 7.75. The van der Waals surface area contributed by atoms with E-state index in [1.165, 1.54) is 0 Å². The Balaban J connectivity index is 1.81. The Morgan fingerprint density at radius 1 is 1.29 bits per heavy atom. The molecule has 1 aromatic rings. The smallest absolute Gasteiger partial charge is 0.258 e. The summed E-state index contributed by atoms with van der Waals surface area (Å²) in [6.07, 6.45) is 3.02. The minimum absolute atomic E-state index is 0.0444. The summed E-state index contributed by atoms with van der Waals surface area (Å²) in [6.45, 7) is 4.26. The van der Waals surface area contributed by atoms with Crippen LogP contribution in [0.3, 0.4) is 0 Å². The summed E-state index contributed by atoms with van der Waals surface area (Å²) in [6, 6.07) is 8.00. The summed E-state index contributed by atoms with van der Waals surface area (Å²) < 4.78 is 5.66. The lowest BCUT2D eigenvalue weighted by molar-refractivity contribution is -0.124. The van der Waals surface area contributed by atoms with Crippen LogP contribution in [0.25, 0.3) is 0 Å². The molecule has 1 aliphatic rings. The summed E-state index contributed by atoms with van der Waals surface area (Å²) in [7, 11) is 0. The number of nitrogens with one attached hydrogen (secondary N) is 1. The molecular formula is C17H25NO3. The standard InChI is InChI=1S/C17H25NO3/c1-12(2)15-5-3-4-6-16(15)21-11-17(20)18-13-7-9-14(19)10-8-13/h3-6,12-14,19H,7-11H2,1-2H3,(H,18,20). The fourth-order valence-electron chi connectivity index (χ4n) is 2.72. The van der Waals surface area contributed by atoms with Crippen LogP contribution in [0, 0.1) is 0 Å². The zero-order valence-corrected chi connectivity index (χ0v) is 12.8. The lowest BCUT2D eigenvalue weighted by Crippen LogP contribution is -2.40. The van der Waals surface area contributed by atoms with Crippen molar-refractivity contribution in [1.29, 1.82) is 0 Å². The number of carbonyl (C=O) groups excluding carboxylic acids is 1. The van der Waals surface area contributed by atoms with Crippen molar-refractivity contribution in [3.8, 4) is 5.75 Å². The Morgan fingerprint density at radius 2 is 1.95 bits per heavy atom. The van der Waals surface area contributed by atoms with Gasteiger partial charge in [0, 0.05) is 6.04 Å². The topological polar surface area (TPSA) is 58.6 Å². The molecule has 2 rings (SSSR count). The van der Waals surface area contributed by atoms with Crippen molar-refractivity contribution in [1.82, 2.24) is 5.32 Å². The molecule has 1 saturated carbocycles. The first kappa shape index (κ1) is 15.8. The SMILES string of the molecule is CC(C)c1ccccc1OCC(=O)NC1CCC(O)CC1.